The van der Waals surface area contributed by atoms with Crippen LogP contribution in [0, 0.1) is 0 Å². The van der Waals surface area contributed by atoms with Crippen molar-refractivity contribution in [3.63, 3.8) is 0 Å². The number of hydrogen-bond acceptors (Lipinski definition) is 2. The molecule has 3 heteroatoms. The smallest absolute Gasteiger partial charge is 0.0814 e. The van der Waals surface area contributed by atoms with Crippen molar-refractivity contribution in [1.29, 1.82) is 0 Å². The van der Waals surface area contributed by atoms with Crippen LogP contribution in [0.2, 0.25) is 0 Å². The summed E-state index contributed by atoms with van der Waals surface area (Å²) in [5, 5.41) is 2.36. The predicted octanol–water partition coefficient (Wildman–Crippen LogP) is 3.47. The van der Waals surface area contributed by atoms with Crippen molar-refractivity contribution in [2.75, 3.05) is 0 Å². The number of rotatable bonds is 3. The van der Waals surface area contributed by atoms with Gasteiger partial charge in [0.25, 0.3) is 0 Å². The van der Waals surface area contributed by atoms with Gasteiger partial charge < -0.3 is 0 Å². The minimum atomic E-state index is -2.05. The predicted molar refractivity (Wildman–Crippen MR) is 97.0 cm³/mol. The van der Waals surface area contributed by atoms with Gasteiger partial charge >= 0.3 is 0 Å². The molecule has 1 aromatic heterocycles. The molecule has 0 atom stereocenters. The van der Waals surface area contributed by atoms with Crippen LogP contribution in [0.3, 0.4) is 0 Å². The van der Waals surface area contributed by atoms with Crippen molar-refractivity contribution in [2.24, 2.45) is 0 Å². The van der Waals surface area contributed by atoms with Gasteiger partial charge in [-0.05, 0) is 22.7 Å². The highest BCUT2D eigenvalue weighted by molar-refractivity contribution is 8.25. The second-order valence-electron chi connectivity index (χ2n) is 4.47. The molecule has 1 nitrogen and oxygen atoms in total. The van der Waals surface area contributed by atoms with Crippen molar-refractivity contribution in [3.8, 4) is 0 Å². The van der Waals surface area contributed by atoms with Crippen molar-refractivity contribution in [1.82, 2.24) is 4.98 Å². The zero-order valence-corrected chi connectivity index (χ0v) is 12.6. The largest absolute Gasteiger partial charge is 0.255 e. The van der Waals surface area contributed by atoms with Crippen LogP contribution in [0.15, 0.2) is 85.1 Å². The van der Waals surface area contributed by atoms with Gasteiger partial charge in [0.1, 0.15) is 0 Å². The molecule has 3 rings (SSSR count). The SMILES string of the molecule is C.S=P(c1ccccc1)(c1ccccc1)c1ccccn1. The Morgan fingerprint density at radius 1 is 0.667 bits per heavy atom. The molecular formula is C18H18NPS. The average molecular weight is 311 g/mol. The number of benzene rings is 2. The van der Waals surface area contributed by atoms with E-state index in [9.17, 15) is 0 Å². The van der Waals surface area contributed by atoms with E-state index in [1.807, 2.05) is 60.8 Å². The van der Waals surface area contributed by atoms with Gasteiger partial charge in [0.05, 0.1) is 11.5 Å². The lowest BCUT2D eigenvalue weighted by molar-refractivity contribution is 1.39. The highest BCUT2D eigenvalue weighted by Gasteiger charge is 2.25. The van der Waals surface area contributed by atoms with Crippen LogP contribution >= 0.6 is 6.04 Å². The minimum Gasteiger partial charge on any atom is -0.255 e. The van der Waals surface area contributed by atoms with Gasteiger partial charge in [-0.3, -0.25) is 4.98 Å². The topological polar surface area (TPSA) is 12.9 Å². The Hall–Kier alpha value is -1.76. The maximum Gasteiger partial charge on any atom is 0.0814 e. The molecular weight excluding hydrogens is 293 g/mol. The molecule has 0 spiro atoms. The van der Waals surface area contributed by atoms with Crippen LogP contribution in [0.5, 0.6) is 0 Å². The van der Waals surface area contributed by atoms with Crippen LogP contribution < -0.4 is 16.0 Å². The second kappa shape index (κ2) is 6.80. The Kier molecular flexibility index (Phi) is 5.06. The monoisotopic (exact) mass is 311 g/mol. The molecule has 0 unspecified atom stereocenters. The Bertz CT molecular complexity index is 624. The summed E-state index contributed by atoms with van der Waals surface area (Å²) >= 11 is 6.15. The van der Waals surface area contributed by atoms with E-state index in [-0.39, 0.29) is 7.43 Å². The molecule has 0 aliphatic carbocycles. The van der Waals surface area contributed by atoms with Gasteiger partial charge in [0.2, 0.25) is 0 Å². The van der Waals surface area contributed by atoms with Crippen LogP contribution in [-0.4, -0.2) is 4.98 Å². The van der Waals surface area contributed by atoms with E-state index in [1.165, 1.54) is 10.6 Å². The molecule has 2 aromatic carbocycles. The molecule has 3 aromatic rings. The maximum atomic E-state index is 6.15. The number of pyridine rings is 1. The summed E-state index contributed by atoms with van der Waals surface area (Å²) in [5.41, 5.74) is 0.993. The van der Waals surface area contributed by atoms with Gasteiger partial charge in [-0.15, -0.1) is 0 Å². The highest BCUT2D eigenvalue weighted by Crippen LogP contribution is 2.41. The van der Waals surface area contributed by atoms with Gasteiger partial charge in [-0.2, -0.15) is 0 Å². The Labute approximate surface area is 131 Å². The third-order valence-corrected chi connectivity index (χ3v) is 8.00. The van der Waals surface area contributed by atoms with Gasteiger partial charge in [0, 0.05) is 6.20 Å². The Morgan fingerprint density at radius 3 is 1.57 bits per heavy atom. The third-order valence-electron chi connectivity index (χ3n) is 3.21. The summed E-state index contributed by atoms with van der Waals surface area (Å²) in [7, 11) is 0. The van der Waals surface area contributed by atoms with Gasteiger partial charge in [-0.25, -0.2) is 0 Å². The third kappa shape index (κ3) is 2.97. The van der Waals surface area contributed by atoms with E-state index in [2.05, 4.69) is 29.2 Å². The first-order valence-corrected chi connectivity index (χ1v) is 9.25. The molecule has 106 valence electrons. The van der Waals surface area contributed by atoms with E-state index in [0.29, 0.717) is 0 Å². The normalized spacial score (nSPS) is 10.7. The van der Waals surface area contributed by atoms with Crippen LogP contribution in [0.4, 0.5) is 0 Å². The molecule has 0 saturated heterocycles. The second-order valence-corrected chi connectivity index (χ2v) is 8.82. The molecule has 0 bridgehead atoms. The van der Waals surface area contributed by atoms with Crippen LogP contribution in [0.1, 0.15) is 7.43 Å². The summed E-state index contributed by atoms with van der Waals surface area (Å²) in [6.45, 7) is 0. The van der Waals surface area contributed by atoms with Crippen molar-refractivity contribution >= 4 is 33.9 Å². The first-order chi connectivity index (χ1) is 9.82. The lowest BCUT2D eigenvalue weighted by Crippen LogP contribution is -2.26. The molecule has 0 radical (unpaired) electrons. The summed E-state index contributed by atoms with van der Waals surface area (Å²) in [4.78, 5) is 4.55. The van der Waals surface area contributed by atoms with E-state index in [1.54, 1.807) is 0 Å². The lowest BCUT2D eigenvalue weighted by atomic mass is 10.4. The fourth-order valence-electron chi connectivity index (χ4n) is 2.23. The number of hydrogen-bond donors (Lipinski definition) is 0. The van der Waals surface area contributed by atoms with Crippen molar-refractivity contribution in [3.05, 3.63) is 85.1 Å². The molecule has 0 aliphatic heterocycles. The Balaban J connectivity index is 0.00000161. The van der Waals surface area contributed by atoms with E-state index >= 15 is 0 Å². The van der Waals surface area contributed by atoms with E-state index < -0.39 is 6.04 Å². The zero-order chi connectivity index (χ0) is 13.8. The van der Waals surface area contributed by atoms with Crippen LogP contribution in [-0.2, 0) is 11.8 Å². The van der Waals surface area contributed by atoms with Gasteiger partial charge in [-0.1, -0.05) is 86.0 Å². The van der Waals surface area contributed by atoms with Gasteiger partial charge in [0.15, 0.2) is 0 Å². The molecule has 21 heavy (non-hydrogen) atoms. The molecule has 0 aliphatic rings. The van der Waals surface area contributed by atoms with Crippen LogP contribution in [0.25, 0.3) is 0 Å². The van der Waals surface area contributed by atoms with E-state index in [4.69, 9.17) is 11.8 Å². The summed E-state index contributed by atoms with van der Waals surface area (Å²) in [6.07, 6.45) is 1.82. The molecule has 0 saturated carbocycles. The quantitative estimate of drug-likeness (QED) is 0.687. The summed E-state index contributed by atoms with van der Waals surface area (Å²) < 4.78 is 0. The number of nitrogens with zero attached hydrogens (tertiary/aromatic N) is 1. The number of aromatic nitrogens is 1. The van der Waals surface area contributed by atoms with E-state index in [0.717, 1.165) is 5.44 Å². The molecule has 0 N–H and O–H groups in total. The summed E-state index contributed by atoms with van der Waals surface area (Å²) in [5.74, 6) is 0. The standard InChI is InChI=1S/C17H14NPS.CH4/c20-19(15-9-3-1-4-10-15,16-11-5-2-6-12-16)17-13-7-8-14-18-17;/h1-14H;1H4. The highest BCUT2D eigenvalue weighted by atomic mass is 32.4. The lowest BCUT2D eigenvalue weighted by Gasteiger charge is -2.22. The fraction of sp³-hybridized carbons (Fsp3) is 0.0556. The maximum absolute atomic E-state index is 6.15. The fourth-order valence-corrected chi connectivity index (χ4v) is 5.82. The first-order valence-electron chi connectivity index (χ1n) is 6.45. The molecule has 0 amide bonds. The minimum absolute atomic E-state index is 0. The van der Waals surface area contributed by atoms with Crippen molar-refractivity contribution in [2.45, 2.75) is 7.43 Å². The zero-order valence-electron chi connectivity index (χ0n) is 10.9. The summed E-state index contributed by atoms with van der Waals surface area (Å²) in [6, 6.07) is 24.6. The molecule has 1 heterocycles. The average Bonchev–Trinajstić information content (AvgIpc) is 2.56. The van der Waals surface area contributed by atoms with Crippen molar-refractivity contribution < 1.29 is 0 Å². The first kappa shape index (κ1) is 15.6. The molecule has 0 fully saturated rings. The Morgan fingerprint density at radius 2 is 1.14 bits per heavy atom.